The smallest absolute Gasteiger partial charge is 0.0738 e. The number of aromatic nitrogens is 2. The molecule has 1 N–H and O–H groups in total. The lowest BCUT2D eigenvalue weighted by molar-refractivity contribution is 0.0509. The number of rotatable bonds is 3. The number of aliphatic hydroxyl groups excluding tert-OH is 1. The van der Waals surface area contributed by atoms with Crippen LogP contribution in [0.1, 0.15) is 44.5 Å². The summed E-state index contributed by atoms with van der Waals surface area (Å²) >= 11 is 3.64. The van der Waals surface area contributed by atoms with Crippen LogP contribution >= 0.6 is 15.9 Å². The van der Waals surface area contributed by atoms with Crippen molar-refractivity contribution in [2.45, 2.75) is 59.1 Å². The zero-order chi connectivity index (χ0) is 13.3. The van der Waals surface area contributed by atoms with Gasteiger partial charge in [0.05, 0.1) is 22.0 Å². The Labute approximate surface area is 118 Å². The summed E-state index contributed by atoms with van der Waals surface area (Å²) in [4.78, 5) is 0. The van der Waals surface area contributed by atoms with Crippen LogP contribution in [0.5, 0.6) is 0 Å². The van der Waals surface area contributed by atoms with Crippen LogP contribution in [0.4, 0.5) is 0 Å². The molecule has 2 rings (SSSR count). The van der Waals surface area contributed by atoms with Gasteiger partial charge < -0.3 is 5.11 Å². The van der Waals surface area contributed by atoms with E-state index in [1.807, 2.05) is 6.92 Å². The molecule has 1 aliphatic rings. The molecule has 3 nitrogen and oxygen atoms in total. The van der Waals surface area contributed by atoms with Crippen LogP contribution in [-0.2, 0) is 13.0 Å². The lowest BCUT2D eigenvalue weighted by Gasteiger charge is -2.31. The van der Waals surface area contributed by atoms with Gasteiger partial charge in [0, 0.05) is 6.54 Å². The number of hydrogen-bond donors (Lipinski definition) is 1. The Bertz CT molecular complexity index is 416. The molecule has 18 heavy (non-hydrogen) atoms. The Kier molecular flexibility index (Phi) is 4.49. The minimum Gasteiger partial charge on any atom is -0.393 e. The van der Waals surface area contributed by atoms with Crippen molar-refractivity contribution in [2.75, 3.05) is 0 Å². The fourth-order valence-electron chi connectivity index (χ4n) is 3.01. The Morgan fingerprint density at radius 3 is 2.83 bits per heavy atom. The highest BCUT2D eigenvalue weighted by Crippen LogP contribution is 2.33. The van der Waals surface area contributed by atoms with E-state index < -0.39 is 0 Å². The highest BCUT2D eigenvalue weighted by atomic mass is 79.9. The minimum atomic E-state index is -0.145. The number of nitrogens with zero attached hydrogens (tertiary/aromatic N) is 2. The minimum absolute atomic E-state index is 0.145. The Morgan fingerprint density at radius 1 is 1.44 bits per heavy atom. The predicted molar refractivity (Wildman–Crippen MR) is 76.6 cm³/mol. The van der Waals surface area contributed by atoms with Gasteiger partial charge in [-0.15, -0.1) is 0 Å². The van der Waals surface area contributed by atoms with E-state index in [0.29, 0.717) is 5.92 Å². The van der Waals surface area contributed by atoms with Crippen molar-refractivity contribution >= 4 is 15.9 Å². The second-order valence-corrected chi connectivity index (χ2v) is 6.40. The lowest BCUT2D eigenvalue weighted by Crippen LogP contribution is -2.30. The first-order valence-corrected chi connectivity index (χ1v) is 7.72. The summed E-state index contributed by atoms with van der Waals surface area (Å²) in [7, 11) is 0. The maximum atomic E-state index is 10.2. The van der Waals surface area contributed by atoms with Gasteiger partial charge in [-0.25, -0.2) is 0 Å². The van der Waals surface area contributed by atoms with E-state index in [1.165, 1.54) is 5.69 Å². The molecule has 4 heteroatoms. The third-order valence-electron chi connectivity index (χ3n) is 4.11. The molecule has 1 heterocycles. The van der Waals surface area contributed by atoms with Crippen LogP contribution in [0.25, 0.3) is 0 Å². The number of halogens is 1. The molecular formula is C14H23BrN2O. The maximum absolute atomic E-state index is 10.2. The highest BCUT2D eigenvalue weighted by molar-refractivity contribution is 9.10. The van der Waals surface area contributed by atoms with Crippen LogP contribution in [-0.4, -0.2) is 21.0 Å². The molecule has 102 valence electrons. The van der Waals surface area contributed by atoms with Crippen LogP contribution in [0.3, 0.4) is 0 Å². The van der Waals surface area contributed by atoms with Gasteiger partial charge in [0.15, 0.2) is 0 Å². The summed E-state index contributed by atoms with van der Waals surface area (Å²) in [6, 6.07) is 0. The van der Waals surface area contributed by atoms with Crippen molar-refractivity contribution in [3.8, 4) is 0 Å². The van der Waals surface area contributed by atoms with Crippen molar-refractivity contribution in [3.05, 3.63) is 15.9 Å². The monoisotopic (exact) mass is 314 g/mol. The van der Waals surface area contributed by atoms with Gasteiger partial charge in [0.25, 0.3) is 0 Å². The van der Waals surface area contributed by atoms with Crippen molar-refractivity contribution in [3.63, 3.8) is 0 Å². The zero-order valence-corrected chi connectivity index (χ0v) is 13.1. The predicted octanol–water partition coefficient (Wildman–Crippen LogP) is 3.31. The van der Waals surface area contributed by atoms with Crippen molar-refractivity contribution < 1.29 is 5.11 Å². The van der Waals surface area contributed by atoms with Crippen LogP contribution in [0.2, 0.25) is 0 Å². The van der Waals surface area contributed by atoms with Crippen molar-refractivity contribution in [1.29, 1.82) is 0 Å². The first-order valence-electron chi connectivity index (χ1n) is 6.92. The van der Waals surface area contributed by atoms with E-state index in [1.54, 1.807) is 0 Å². The van der Waals surface area contributed by atoms with Gasteiger partial charge in [-0.3, -0.25) is 4.68 Å². The zero-order valence-electron chi connectivity index (χ0n) is 11.5. The maximum Gasteiger partial charge on any atom is 0.0738 e. The van der Waals surface area contributed by atoms with Crippen molar-refractivity contribution in [2.24, 2.45) is 11.8 Å². The third kappa shape index (κ3) is 2.80. The molecular weight excluding hydrogens is 292 g/mol. The molecule has 1 saturated carbocycles. The molecule has 1 aromatic heterocycles. The Hall–Kier alpha value is -0.350. The normalized spacial score (nSPS) is 28.6. The summed E-state index contributed by atoms with van der Waals surface area (Å²) < 4.78 is 3.18. The van der Waals surface area contributed by atoms with Gasteiger partial charge in [-0.2, -0.15) is 5.10 Å². The molecule has 0 radical (unpaired) electrons. The summed E-state index contributed by atoms with van der Waals surface area (Å²) in [6.45, 7) is 7.32. The topological polar surface area (TPSA) is 38.0 Å². The second-order valence-electron chi connectivity index (χ2n) is 5.61. The first-order chi connectivity index (χ1) is 8.52. The second kappa shape index (κ2) is 5.74. The van der Waals surface area contributed by atoms with Gasteiger partial charge in [0.2, 0.25) is 0 Å². The quantitative estimate of drug-likeness (QED) is 0.929. The molecule has 0 spiro atoms. The summed E-state index contributed by atoms with van der Waals surface area (Å²) in [6.07, 6.45) is 4.02. The highest BCUT2D eigenvalue weighted by Gasteiger charge is 2.29. The third-order valence-corrected chi connectivity index (χ3v) is 5.14. The van der Waals surface area contributed by atoms with Crippen LogP contribution in [0.15, 0.2) is 4.47 Å². The Morgan fingerprint density at radius 2 is 2.17 bits per heavy atom. The van der Waals surface area contributed by atoms with E-state index in [9.17, 15) is 5.11 Å². The molecule has 1 aromatic rings. The molecule has 1 fully saturated rings. The number of hydrogen-bond acceptors (Lipinski definition) is 2. The molecule has 1 aliphatic carbocycles. The number of aliphatic hydroxyl groups is 1. The number of aryl methyl sites for hydroxylation is 2. The summed E-state index contributed by atoms with van der Waals surface area (Å²) in [5.74, 6) is 1.11. The van der Waals surface area contributed by atoms with Crippen LogP contribution in [0, 0.1) is 18.8 Å². The van der Waals surface area contributed by atoms with Gasteiger partial charge >= 0.3 is 0 Å². The van der Waals surface area contributed by atoms with Gasteiger partial charge in [0.1, 0.15) is 0 Å². The van der Waals surface area contributed by atoms with E-state index in [4.69, 9.17) is 0 Å². The van der Waals surface area contributed by atoms with Gasteiger partial charge in [-0.1, -0.05) is 6.92 Å². The first kappa shape index (κ1) is 14.1. The van der Waals surface area contributed by atoms with Crippen LogP contribution < -0.4 is 0 Å². The fraction of sp³-hybridized carbons (Fsp3) is 0.786. The average molecular weight is 315 g/mol. The fourth-order valence-corrected chi connectivity index (χ4v) is 3.46. The molecule has 0 aromatic carbocycles. The molecule has 0 amide bonds. The molecule has 0 aliphatic heterocycles. The summed E-state index contributed by atoms with van der Waals surface area (Å²) in [5, 5.41) is 14.7. The Balaban J connectivity index is 2.17. The molecule has 0 bridgehead atoms. The summed E-state index contributed by atoms with van der Waals surface area (Å²) in [5.41, 5.74) is 2.29. The van der Waals surface area contributed by atoms with E-state index >= 15 is 0 Å². The molecule has 3 atom stereocenters. The SMILES string of the molecule is CCn1nc(C)c(Br)c1CC1CC(C)CCC1O. The van der Waals surface area contributed by atoms with E-state index in [0.717, 1.165) is 48.3 Å². The van der Waals surface area contributed by atoms with E-state index in [-0.39, 0.29) is 6.10 Å². The molecule has 0 saturated heterocycles. The lowest BCUT2D eigenvalue weighted by atomic mass is 9.78. The average Bonchev–Trinajstić information content (AvgIpc) is 2.61. The largest absolute Gasteiger partial charge is 0.393 e. The van der Waals surface area contributed by atoms with Crippen molar-refractivity contribution in [1.82, 2.24) is 9.78 Å². The standard InChI is InChI=1S/C14H23BrN2O/c1-4-17-12(14(15)10(3)16-17)8-11-7-9(2)5-6-13(11)18/h9,11,13,18H,4-8H2,1-3H3. The van der Waals surface area contributed by atoms with Gasteiger partial charge in [-0.05, 0) is 67.3 Å². The molecule has 3 unspecified atom stereocenters. The van der Waals surface area contributed by atoms with E-state index in [2.05, 4.69) is 39.6 Å².